The van der Waals surface area contributed by atoms with Crippen LogP contribution in [0.15, 0.2) is 24.3 Å². The number of hydrogen-bond donors (Lipinski definition) is 1. The SMILES string of the molecule is O=[N+]([O-])c1ccc(CCC2CCNCC2)cc1. The Labute approximate surface area is 101 Å². The van der Waals surface area contributed by atoms with Gasteiger partial charge in [0.05, 0.1) is 4.92 Å². The van der Waals surface area contributed by atoms with Gasteiger partial charge < -0.3 is 5.32 Å². The molecule has 1 heterocycles. The molecule has 17 heavy (non-hydrogen) atoms. The second kappa shape index (κ2) is 5.77. The molecule has 2 rings (SSSR count). The highest BCUT2D eigenvalue weighted by atomic mass is 16.6. The summed E-state index contributed by atoms with van der Waals surface area (Å²) < 4.78 is 0. The second-order valence-electron chi connectivity index (χ2n) is 4.66. The van der Waals surface area contributed by atoms with Gasteiger partial charge in [-0.1, -0.05) is 12.1 Å². The molecule has 0 radical (unpaired) electrons. The summed E-state index contributed by atoms with van der Waals surface area (Å²) in [5.74, 6) is 0.812. The summed E-state index contributed by atoms with van der Waals surface area (Å²) in [5.41, 5.74) is 1.38. The standard InChI is InChI=1S/C13H18N2O2/c16-15(17)13-5-3-11(4-6-13)1-2-12-7-9-14-10-8-12/h3-6,12,14H,1-2,7-10H2. The van der Waals surface area contributed by atoms with Crippen LogP contribution in [0.25, 0.3) is 0 Å². The van der Waals surface area contributed by atoms with Crippen molar-refractivity contribution in [3.05, 3.63) is 39.9 Å². The van der Waals surface area contributed by atoms with Crippen LogP contribution in [0.4, 0.5) is 5.69 Å². The van der Waals surface area contributed by atoms with Gasteiger partial charge in [0, 0.05) is 12.1 Å². The normalized spacial score (nSPS) is 16.9. The lowest BCUT2D eigenvalue weighted by atomic mass is 9.91. The Balaban J connectivity index is 1.84. The number of nitrogens with one attached hydrogen (secondary N) is 1. The van der Waals surface area contributed by atoms with Crippen molar-refractivity contribution in [2.75, 3.05) is 13.1 Å². The number of aryl methyl sites for hydroxylation is 1. The topological polar surface area (TPSA) is 55.2 Å². The molecule has 0 bridgehead atoms. The molecule has 0 unspecified atom stereocenters. The van der Waals surface area contributed by atoms with Crippen LogP contribution in [0.1, 0.15) is 24.8 Å². The Morgan fingerprint density at radius 3 is 2.47 bits per heavy atom. The Kier molecular flexibility index (Phi) is 4.09. The number of rotatable bonds is 4. The minimum atomic E-state index is -0.351. The number of nitro groups is 1. The lowest BCUT2D eigenvalue weighted by Crippen LogP contribution is -2.27. The van der Waals surface area contributed by atoms with Gasteiger partial charge >= 0.3 is 0 Å². The lowest BCUT2D eigenvalue weighted by molar-refractivity contribution is -0.384. The summed E-state index contributed by atoms with van der Waals surface area (Å²) in [6.45, 7) is 2.26. The number of non-ortho nitro benzene ring substituents is 1. The first-order valence-electron chi connectivity index (χ1n) is 6.20. The molecular formula is C13H18N2O2. The highest BCUT2D eigenvalue weighted by Gasteiger charge is 2.12. The Bertz CT molecular complexity index is 370. The predicted molar refractivity (Wildman–Crippen MR) is 67.0 cm³/mol. The van der Waals surface area contributed by atoms with Gasteiger partial charge in [-0.15, -0.1) is 0 Å². The summed E-state index contributed by atoms with van der Waals surface area (Å²) in [6.07, 6.45) is 4.74. The van der Waals surface area contributed by atoms with Gasteiger partial charge in [-0.25, -0.2) is 0 Å². The van der Waals surface area contributed by atoms with E-state index in [1.54, 1.807) is 12.1 Å². The molecule has 1 saturated heterocycles. The molecule has 0 amide bonds. The van der Waals surface area contributed by atoms with Crippen molar-refractivity contribution in [1.82, 2.24) is 5.32 Å². The first-order valence-corrected chi connectivity index (χ1v) is 6.20. The van der Waals surface area contributed by atoms with Gasteiger partial charge in [0.2, 0.25) is 0 Å². The molecule has 4 heteroatoms. The number of piperidine rings is 1. The monoisotopic (exact) mass is 234 g/mol. The van der Waals surface area contributed by atoms with E-state index in [4.69, 9.17) is 0 Å². The van der Waals surface area contributed by atoms with Gasteiger partial charge in [0.25, 0.3) is 5.69 Å². The first kappa shape index (κ1) is 12.0. The van der Waals surface area contributed by atoms with Crippen molar-refractivity contribution in [3.63, 3.8) is 0 Å². The summed E-state index contributed by atoms with van der Waals surface area (Å²) in [5, 5.41) is 13.9. The maximum Gasteiger partial charge on any atom is 0.269 e. The van der Waals surface area contributed by atoms with Crippen LogP contribution in [0, 0.1) is 16.0 Å². The molecule has 1 aromatic rings. The van der Waals surface area contributed by atoms with Crippen molar-refractivity contribution in [2.24, 2.45) is 5.92 Å². The van der Waals surface area contributed by atoms with E-state index < -0.39 is 0 Å². The van der Waals surface area contributed by atoms with E-state index >= 15 is 0 Å². The molecule has 0 aromatic heterocycles. The third-order valence-electron chi connectivity index (χ3n) is 3.45. The fraction of sp³-hybridized carbons (Fsp3) is 0.538. The number of nitro benzene ring substituents is 1. The van der Waals surface area contributed by atoms with Crippen LogP contribution in [0.5, 0.6) is 0 Å². The van der Waals surface area contributed by atoms with Crippen LogP contribution in [0.3, 0.4) is 0 Å². The molecule has 0 atom stereocenters. The van der Waals surface area contributed by atoms with Crippen LogP contribution in [0.2, 0.25) is 0 Å². The molecule has 1 aromatic carbocycles. The average Bonchev–Trinajstić information content (AvgIpc) is 2.38. The summed E-state index contributed by atoms with van der Waals surface area (Å²) in [4.78, 5) is 10.2. The smallest absolute Gasteiger partial charge is 0.269 e. The third kappa shape index (κ3) is 3.53. The van der Waals surface area contributed by atoms with Gasteiger partial charge in [0.1, 0.15) is 0 Å². The van der Waals surface area contributed by atoms with Crippen molar-refractivity contribution < 1.29 is 4.92 Å². The van der Waals surface area contributed by atoms with E-state index in [0.29, 0.717) is 0 Å². The van der Waals surface area contributed by atoms with Gasteiger partial charge in [-0.2, -0.15) is 0 Å². The molecule has 1 aliphatic rings. The molecule has 1 aliphatic heterocycles. The van der Waals surface area contributed by atoms with Gasteiger partial charge in [-0.3, -0.25) is 10.1 Å². The molecule has 0 aliphatic carbocycles. The quantitative estimate of drug-likeness (QED) is 0.643. The minimum Gasteiger partial charge on any atom is -0.317 e. The van der Waals surface area contributed by atoms with Crippen LogP contribution < -0.4 is 5.32 Å². The van der Waals surface area contributed by atoms with Crippen molar-refractivity contribution in [2.45, 2.75) is 25.7 Å². The molecule has 0 saturated carbocycles. The van der Waals surface area contributed by atoms with E-state index in [1.807, 2.05) is 12.1 Å². The van der Waals surface area contributed by atoms with E-state index in [-0.39, 0.29) is 10.6 Å². The zero-order chi connectivity index (χ0) is 12.1. The Morgan fingerprint density at radius 2 is 1.88 bits per heavy atom. The summed E-state index contributed by atoms with van der Waals surface area (Å²) >= 11 is 0. The fourth-order valence-electron chi connectivity index (χ4n) is 2.33. The molecule has 1 N–H and O–H groups in total. The van der Waals surface area contributed by atoms with E-state index in [2.05, 4.69) is 5.32 Å². The summed E-state index contributed by atoms with van der Waals surface area (Å²) in [7, 11) is 0. The molecule has 4 nitrogen and oxygen atoms in total. The number of benzene rings is 1. The molecule has 92 valence electrons. The summed E-state index contributed by atoms with van der Waals surface area (Å²) in [6, 6.07) is 6.94. The Hall–Kier alpha value is -1.42. The second-order valence-corrected chi connectivity index (χ2v) is 4.66. The molecule has 1 fully saturated rings. The number of nitrogens with zero attached hydrogens (tertiary/aromatic N) is 1. The predicted octanol–water partition coefficient (Wildman–Crippen LogP) is 2.53. The third-order valence-corrected chi connectivity index (χ3v) is 3.45. The van der Waals surface area contributed by atoms with E-state index in [0.717, 1.165) is 25.4 Å². The zero-order valence-electron chi connectivity index (χ0n) is 9.89. The molecular weight excluding hydrogens is 216 g/mol. The van der Waals surface area contributed by atoms with Gasteiger partial charge in [0.15, 0.2) is 0 Å². The van der Waals surface area contributed by atoms with E-state index in [9.17, 15) is 10.1 Å². The van der Waals surface area contributed by atoms with Crippen LogP contribution >= 0.6 is 0 Å². The lowest BCUT2D eigenvalue weighted by Gasteiger charge is -2.22. The largest absolute Gasteiger partial charge is 0.317 e. The van der Waals surface area contributed by atoms with Crippen molar-refractivity contribution in [1.29, 1.82) is 0 Å². The van der Waals surface area contributed by atoms with Crippen LogP contribution in [-0.2, 0) is 6.42 Å². The zero-order valence-corrected chi connectivity index (χ0v) is 9.89. The maximum absolute atomic E-state index is 10.5. The highest BCUT2D eigenvalue weighted by Crippen LogP contribution is 2.20. The van der Waals surface area contributed by atoms with Crippen molar-refractivity contribution >= 4 is 5.69 Å². The fourth-order valence-corrected chi connectivity index (χ4v) is 2.33. The van der Waals surface area contributed by atoms with Gasteiger partial charge in [-0.05, 0) is 50.3 Å². The first-order chi connectivity index (χ1) is 8.25. The highest BCUT2D eigenvalue weighted by molar-refractivity contribution is 5.32. The number of hydrogen-bond acceptors (Lipinski definition) is 3. The van der Waals surface area contributed by atoms with E-state index in [1.165, 1.54) is 24.8 Å². The maximum atomic E-state index is 10.5. The molecule has 0 spiro atoms. The van der Waals surface area contributed by atoms with Crippen molar-refractivity contribution in [3.8, 4) is 0 Å². The van der Waals surface area contributed by atoms with Crippen LogP contribution in [-0.4, -0.2) is 18.0 Å². The average molecular weight is 234 g/mol. The minimum absolute atomic E-state index is 0.176. The Morgan fingerprint density at radius 1 is 1.24 bits per heavy atom.